The molecule has 0 aliphatic heterocycles. The molecule has 0 aliphatic rings. The van der Waals surface area contributed by atoms with Gasteiger partial charge in [-0.05, 0) is 38.5 Å². The molecule has 0 fully saturated rings. The predicted molar refractivity (Wildman–Crippen MR) is 289 cm³/mol. The molecule has 0 aromatic rings. The Balaban J connectivity index is -0.000000441. The van der Waals surface area contributed by atoms with E-state index in [1.54, 1.807) is 18.2 Å². The van der Waals surface area contributed by atoms with E-state index in [2.05, 4.69) is 20.8 Å². The molecule has 0 rings (SSSR count). The summed E-state index contributed by atoms with van der Waals surface area (Å²) in [6.07, 6.45) is 73.5. The van der Waals surface area contributed by atoms with E-state index in [1.165, 1.54) is 288 Å². The van der Waals surface area contributed by atoms with Crippen molar-refractivity contribution >= 4 is 17.9 Å². The van der Waals surface area contributed by atoms with Gasteiger partial charge < -0.3 is 15.3 Å². The van der Waals surface area contributed by atoms with Crippen molar-refractivity contribution in [1.29, 1.82) is 0 Å². The van der Waals surface area contributed by atoms with Crippen LogP contribution < -0.4 is 0 Å². The third-order valence-corrected chi connectivity index (χ3v) is 12.7. The molecule has 0 spiro atoms. The first-order valence-electron chi connectivity index (χ1n) is 29.0. The standard InChI is InChI=1S/3C20H38O2.Pr/c3*1-2-3-4-5-6-7-8-9-10-11-12-13-14-15-16-17-18-19-20(21)22;/h3*18-19H,2-17H2,1H3,(H,21,22);. The van der Waals surface area contributed by atoms with Crippen LogP contribution in [0.4, 0.5) is 0 Å². The first-order valence-corrected chi connectivity index (χ1v) is 29.0. The van der Waals surface area contributed by atoms with E-state index in [9.17, 15) is 14.4 Å². The Morgan fingerprint density at radius 2 is 0.358 bits per heavy atom. The molecule has 0 heterocycles. The minimum Gasteiger partial charge on any atom is -0.478 e. The number of carboxylic acid groups (broad SMARTS) is 3. The van der Waals surface area contributed by atoms with E-state index in [4.69, 9.17) is 15.3 Å². The third-order valence-electron chi connectivity index (χ3n) is 12.7. The van der Waals surface area contributed by atoms with Crippen LogP contribution in [-0.2, 0) is 14.4 Å². The molecule has 3 N–H and O–H groups in total. The molecule has 0 saturated heterocycles. The number of hydrogen-bond acceptors (Lipinski definition) is 3. The topological polar surface area (TPSA) is 112 Å². The van der Waals surface area contributed by atoms with Crippen LogP contribution in [0.3, 0.4) is 0 Å². The summed E-state index contributed by atoms with van der Waals surface area (Å²) in [5, 5.41) is 25.4. The molecule has 393 valence electrons. The van der Waals surface area contributed by atoms with Gasteiger partial charge in [0.1, 0.15) is 0 Å². The van der Waals surface area contributed by atoms with Crippen LogP contribution in [0.15, 0.2) is 36.5 Å². The van der Waals surface area contributed by atoms with Gasteiger partial charge in [0.2, 0.25) is 0 Å². The van der Waals surface area contributed by atoms with Crippen LogP contribution in [0.2, 0.25) is 0 Å². The fourth-order valence-electron chi connectivity index (χ4n) is 8.45. The van der Waals surface area contributed by atoms with Crippen molar-refractivity contribution in [2.24, 2.45) is 0 Å². The van der Waals surface area contributed by atoms with E-state index in [1.807, 2.05) is 0 Å². The van der Waals surface area contributed by atoms with Crippen molar-refractivity contribution in [3.63, 3.8) is 0 Å². The predicted octanol–water partition coefficient (Wildman–Crippen LogP) is 20.7. The van der Waals surface area contributed by atoms with E-state index in [-0.39, 0.29) is 41.3 Å². The average Bonchev–Trinajstić information content (AvgIpc) is 3.29. The molecule has 0 aliphatic carbocycles. The third kappa shape index (κ3) is 82.3. The maximum atomic E-state index is 10.3. The van der Waals surface area contributed by atoms with Crippen molar-refractivity contribution in [3.8, 4) is 0 Å². The van der Waals surface area contributed by atoms with Crippen molar-refractivity contribution in [1.82, 2.24) is 0 Å². The minimum absolute atomic E-state index is 0. The second-order valence-corrected chi connectivity index (χ2v) is 19.4. The van der Waals surface area contributed by atoms with E-state index < -0.39 is 17.9 Å². The van der Waals surface area contributed by atoms with Gasteiger partial charge in [0.15, 0.2) is 0 Å². The molecule has 0 atom stereocenters. The summed E-state index contributed by atoms with van der Waals surface area (Å²) in [7, 11) is 0. The second-order valence-electron chi connectivity index (χ2n) is 19.4. The van der Waals surface area contributed by atoms with Crippen LogP contribution in [0.1, 0.15) is 329 Å². The van der Waals surface area contributed by atoms with E-state index >= 15 is 0 Å². The van der Waals surface area contributed by atoms with Gasteiger partial charge in [0.25, 0.3) is 0 Å². The Hall–Kier alpha value is -1.01. The number of hydrogen-bond donors (Lipinski definition) is 3. The molecule has 67 heavy (non-hydrogen) atoms. The first kappa shape index (κ1) is 72.5. The first-order chi connectivity index (χ1) is 32.3. The summed E-state index contributed by atoms with van der Waals surface area (Å²) in [4.78, 5) is 30.8. The molecule has 0 saturated carbocycles. The van der Waals surface area contributed by atoms with Crippen LogP contribution in [0.25, 0.3) is 0 Å². The fraction of sp³-hybridized carbons (Fsp3) is 0.850. The zero-order chi connectivity index (χ0) is 48.9. The number of carboxylic acids is 3. The second kappa shape index (κ2) is 69.3. The summed E-state index contributed by atoms with van der Waals surface area (Å²) >= 11 is 0. The number of allylic oxidation sites excluding steroid dienone is 3. The summed E-state index contributed by atoms with van der Waals surface area (Å²) in [5.74, 6) is -2.50. The van der Waals surface area contributed by atoms with Crippen LogP contribution >= 0.6 is 0 Å². The van der Waals surface area contributed by atoms with Gasteiger partial charge in [-0.1, -0.05) is 309 Å². The number of aliphatic carboxylic acids is 3. The Morgan fingerprint density at radius 1 is 0.239 bits per heavy atom. The van der Waals surface area contributed by atoms with Gasteiger partial charge in [0.05, 0.1) is 0 Å². The summed E-state index contributed by atoms with van der Waals surface area (Å²) in [6, 6.07) is 0. The Kier molecular flexibility index (Phi) is 75.0. The molecule has 0 aromatic heterocycles. The number of rotatable bonds is 51. The number of carbonyl (C=O) groups is 3. The smallest absolute Gasteiger partial charge is 0.327 e. The molecule has 0 bridgehead atoms. The normalized spacial score (nSPS) is 11.1. The van der Waals surface area contributed by atoms with Gasteiger partial charge >= 0.3 is 17.9 Å². The van der Waals surface area contributed by atoms with Crippen molar-refractivity contribution in [3.05, 3.63) is 36.5 Å². The van der Waals surface area contributed by atoms with Crippen LogP contribution in [0.5, 0.6) is 0 Å². The molecule has 7 heteroatoms. The van der Waals surface area contributed by atoms with Gasteiger partial charge in [-0.25, -0.2) is 14.4 Å². The van der Waals surface area contributed by atoms with Crippen molar-refractivity contribution in [2.45, 2.75) is 329 Å². The zero-order valence-electron chi connectivity index (χ0n) is 45.0. The molecule has 0 amide bonds. The van der Waals surface area contributed by atoms with Crippen LogP contribution in [0, 0.1) is 41.3 Å². The zero-order valence-corrected chi connectivity index (χ0v) is 48.8. The van der Waals surface area contributed by atoms with Crippen molar-refractivity contribution < 1.29 is 71.0 Å². The Labute approximate surface area is 451 Å². The number of unbranched alkanes of at least 4 members (excludes halogenated alkanes) is 45. The molecule has 1 radical (unpaired) electrons. The molecule has 0 unspecified atom stereocenters. The van der Waals surface area contributed by atoms with E-state index in [0.29, 0.717) is 0 Å². The summed E-state index contributed by atoms with van der Waals surface area (Å²) < 4.78 is 0. The summed E-state index contributed by atoms with van der Waals surface area (Å²) in [5.41, 5.74) is 0. The van der Waals surface area contributed by atoms with Gasteiger partial charge in [0, 0.05) is 59.5 Å². The minimum atomic E-state index is -0.832. The maximum absolute atomic E-state index is 10.3. The Bertz CT molecular complexity index is 911. The van der Waals surface area contributed by atoms with Gasteiger partial charge in [-0.2, -0.15) is 0 Å². The molecular formula is C60H114O6Pr. The largest absolute Gasteiger partial charge is 0.478 e. The van der Waals surface area contributed by atoms with Crippen molar-refractivity contribution in [2.75, 3.05) is 0 Å². The van der Waals surface area contributed by atoms with Gasteiger partial charge in [-0.3, -0.25) is 0 Å². The summed E-state index contributed by atoms with van der Waals surface area (Å²) in [6.45, 7) is 6.82. The quantitative estimate of drug-likeness (QED) is 0.0413. The average molecular weight is 1070 g/mol. The Morgan fingerprint density at radius 3 is 0.478 bits per heavy atom. The molecular weight excluding hydrogens is 958 g/mol. The fourth-order valence-corrected chi connectivity index (χ4v) is 8.45. The van der Waals surface area contributed by atoms with E-state index in [0.717, 1.165) is 38.5 Å². The maximum Gasteiger partial charge on any atom is 0.327 e. The monoisotopic (exact) mass is 1070 g/mol. The van der Waals surface area contributed by atoms with Crippen LogP contribution in [-0.4, -0.2) is 33.2 Å². The molecule has 0 aromatic carbocycles. The molecule has 6 nitrogen and oxygen atoms in total. The van der Waals surface area contributed by atoms with Gasteiger partial charge in [-0.15, -0.1) is 0 Å². The SMILES string of the molecule is CCCCCCCCCCCCCCCCCC=CC(=O)O.CCCCCCCCCCCCCCCCCC=CC(=O)O.CCCCCCCCCCCCCCCCCC=CC(=O)O.[Pr].